The van der Waals surface area contributed by atoms with Crippen molar-refractivity contribution in [2.45, 2.75) is 71.3 Å². The van der Waals surface area contributed by atoms with Gasteiger partial charge in [0.1, 0.15) is 0 Å². The van der Waals surface area contributed by atoms with Crippen molar-refractivity contribution in [3.63, 3.8) is 0 Å². The van der Waals surface area contributed by atoms with Gasteiger partial charge in [-0.15, -0.1) is 0 Å². The summed E-state index contributed by atoms with van der Waals surface area (Å²) in [6, 6.07) is 0.145. The number of sulfonamides is 1. The zero-order valence-electron chi connectivity index (χ0n) is 11.0. The van der Waals surface area contributed by atoms with Gasteiger partial charge < -0.3 is 0 Å². The topological polar surface area (TPSA) is 46.2 Å². The molecule has 0 saturated heterocycles. The molecule has 4 heteroatoms. The van der Waals surface area contributed by atoms with Gasteiger partial charge in [-0.05, 0) is 12.8 Å². The van der Waals surface area contributed by atoms with Crippen LogP contribution in [0, 0.1) is 0 Å². The summed E-state index contributed by atoms with van der Waals surface area (Å²) in [5, 5.41) is 0. The molecule has 0 aromatic heterocycles. The molecular weight excluding hydrogens is 222 g/mol. The SMILES string of the molecule is CCCCCCC(CCCC)NS(C)(=O)=O. The van der Waals surface area contributed by atoms with E-state index in [2.05, 4.69) is 18.6 Å². The van der Waals surface area contributed by atoms with E-state index in [-0.39, 0.29) is 6.04 Å². The minimum absolute atomic E-state index is 0.145. The smallest absolute Gasteiger partial charge is 0.208 e. The highest BCUT2D eigenvalue weighted by Gasteiger charge is 2.12. The van der Waals surface area contributed by atoms with E-state index in [9.17, 15) is 8.42 Å². The Morgan fingerprint density at radius 2 is 1.50 bits per heavy atom. The van der Waals surface area contributed by atoms with E-state index in [0.29, 0.717) is 0 Å². The summed E-state index contributed by atoms with van der Waals surface area (Å²) in [4.78, 5) is 0. The second kappa shape index (κ2) is 8.99. The minimum atomic E-state index is -3.05. The number of unbranched alkanes of at least 4 members (excludes halogenated alkanes) is 4. The zero-order valence-corrected chi connectivity index (χ0v) is 11.8. The molecule has 0 amide bonds. The van der Waals surface area contributed by atoms with Crippen LogP contribution in [-0.2, 0) is 10.0 Å². The van der Waals surface area contributed by atoms with Crippen molar-refractivity contribution in [1.29, 1.82) is 0 Å². The standard InChI is InChI=1S/C12H27NO2S/c1-4-6-8-9-11-12(10-7-5-2)13-16(3,14)15/h12-13H,4-11H2,1-3H3. The van der Waals surface area contributed by atoms with Crippen LogP contribution in [0.3, 0.4) is 0 Å². The van der Waals surface area contributed by atoms with Gasteiger partial charge in [0, 0.05) is 6.04 Å². The first kappa shape index (κ1) is 15.9. The average Bonchev–Trinajstić information content (AvgIpc) is 2.18. The third kappa shape index (κ3) is 10.4. The summed E-state index contributed by atoms with van der Waals surface area (Å²) in [6.07, 6.45) is 10.2. The lowest BCUT2D eigenvalue weighted by molar-refractivity contribution is 0.466. The molecule has 0 saturated carbocycles. The molecule has 0 fully saturated rings. The predicted molar refractivity (Wildman–Crippen MR) is 70.1 cm³/mol. The van der Waals surface area contributed by atoms with Crippen LogP contribution >= 0.6 is 0 Å². The van der Waals surface area contributed by atoms with Gasteiger partial charge in [-0.2, -0.15) is 0 Å². The van der Waals surface area contributed by atoms with Gasteiger partial charge in [-0.3, -0.25) is 0 Å². The van der Waals surface area contributed by atoms with E-state index in [0.717, 1.165) is 32.1 Å². The molecule has 0 aliphatic carbocycles. The second-order valence-corrected chi connectivity index (χ2v) is 6.36. The third-order valence-electron chi connectivity index (χ3n) is 2.69. The summed E-state index contributed by atoms with van der Waals surface area (Å²) in [5.41, 5.74) is 0. The Balaban J connectivity index is 3.90. The van der Waals surface area contributed by atoms with E-state index < -0.39 is 10.0 Å². The highest BCUT2D eigenvalue weighted by atomic mass is 32.2. The summed E-state index contributed by atoms with van der Waals surface area (Å²) in [6.45, 7) is 4.32. The molecule has 1 N–H and O–H groups in total. The number of hydrogen-bond acceptors (Lipinski definition) is 2. The summed E-state index contributed by atoms with van der Waals surface area (Å²) in [7, 11) is -3.05. The van der Waals surface area contributed by atoms with E-state index in [1.807, 2.05) is 0 Å². The van der Waals surface area contributed by atoms with E-state index in [1.54, 1.807) is 0 Å². The van der Waals surface area contributed by atoms with Crippen LogP contribution in [0.4, 0.5) is 0 Å². The Morgan fingerprint density at radius 1 is 0.938 bits per heavy atom. The molecule has 0 aromatic carbocycles. The minimum Gasteiger partial charge on any atom is -0.213 e. The summed E-state index contributed by atoms with van der Waals surface area (Å²) >= 11 is 0. The molecule has 0 heterocycles. The highest BCUT2D eigenvalue weighted by molar-refractivity contribution is 7.88. The highest BCUT2D eigenvalue weighted by Crippen LogP contribution is 2.11. The van der Waals surface area contributed by atoms with E-state index >= 15 is 0 Å². The van der Waals surface area contributed by atoms with Crippen molar-refractivity contribution in [3.05, 3.63) is 0 Å². The fourth-order valence-electron chi connectivity index (χ4n) is 1.83. The van der Waals surface area contributed by atoms with Crippen molar-refractivity contribution in [3.8, 4) is 0 Å². The van der Waals surface area contributed by atoms with Gasteiger partial charge in [0.05, 0.1) is 6.26 Å². The van der Waals surface area contributed by atoms with Crippen molar-refractivity contribution in [1.82, 2.24) is 4.72 Å². The maximum atomic E-state index is 11.2. The van der Waals surface area contributed by atoms with Gasteiger partial charge in [-0.25, -0.2) is 13.1 Å². The van der Waals surface area contributed by atoms with Crippen LogP contribution in [0.1, 0.15) is 65.2 Å². The molecule has 1 atom stereocenters. The van der Waals surface area contributed by atoms with Crippen molar-refractivity contribution in [2.24, 2.45) is 0 Å². The number of nitrogens with one attached hydrogen (secondary N) is 1. The molecule has 0 aliphatic heterocycles. The van der Waals surface area contributed by atoms with Crippen LogP contribution in [0.5, 0.6) is 0 Å². The first-order valence-electron chi connectivity index (χ1n) is 6.47. The van der Waals surface area contributed by atoms with E-state index in [4.69, 9.17) is 0 Å². The summed E-state index contributed by atoms with van der Waals surface area (Å²) < 4.78 is 25.1. The van der Waals surface area contributed by atoms with Gasteiger partial charge in [0.25, 0.3) is 0 Å². The van der Waals surface area contributed by atoms with Gasteiger partial charge in [-0.1, -0.05) is 52.4 Å². The second-order valence-electron chi connectivity index (χ2n) is 4.58. The molecule has 0 rings (SSSR count). The predicted octanol–water partition coefficient (Wildman–Crippen LogP) is 3.06. The first-order valence-corrected chi connectivity index (χ1v) is 8.36. The number of rotatable bonds is 10. The Hall–Kier alpha value is -0.0900. The zero-order chi connectivity index (χ0) is 12.4. The average molecular weight is 249 g/mol. The molecule has 0 aromatic rings. The maximum Gasteiger partial charge on any atom is 0.208 e. The van der Waals surface area contributed by atoms with Crippen LogP contribution < -0.4 is 4.72 Å². The van der Waals surface area contributed by atoms with E-state index in [1.165, 1.54) is 25.5 Å². The normalized spacial score (nSPS) is 13.9. The Morgan fingerprint density at radius 3 is 2.00 bits per heavy atom. The lowest BCUT2D eigenvalue weighted by Crippen LogP contribution is -2.33. The quantitative estimate of drug-likeness (QED) is 0.605. The summed E-state index contributed by atoms with van der Waals surface area (Å²) in [5.74, 6) is 0. The molecular formula is C12H27NO2S. The molecule has 3 nitrogen and oxygen atoms in total. The Labute approximate surface area is 101 Å². The lowest BCUT2D eigenvalue weighted by atomic mass is 10.0. The fraction of sp³-hybridized carbons (Fsp3) is 1.00. The molecule has 0 aliphatic rings. The first-order chi connectivity index (χ1) is 7.49. The van der Waals surface area contributed by atoms with Crippen LogP contribution in [0.15, 0.2) is 0 Å². The van der Waals surface area contributed by atoms with Crippen LogP contribution in [0.25, 0.3) is 0 Å². The fourth-order valence-corrected chi connectivity index (χ4v) is 2.67. The Kier molecular flexibility index (Phi) is 8.94. The van der Waals surface area contributed by atoms with Gasteiger partial charge in [0.15, 0.2) is 0 Å². The number of hydrogen-bond donors (Lipinski definition) is 1. The molecule has 0 bridgehead atoms. The van der Waals surface area contributed by atoms with Crippen molar-refractivity contribution < 1.29 is 8.42 Å². The van der Waals surface area contributed by atoms with Crippen molar-refractivity contribution >= 4 is 10.0 Å². The molecule has 0 spiro atoms. The third-order valence-corrected chi connectivity index (χ3v) is 3.45. The van der Waals surface area contributed by atoms with Crippen LogP contribution in [-0.4, -0.2) is 20.7 Å². The van der Waals surface area contributed by atoms with Gasteiger partial charge in [0.2, 0.25) is 10.0 Å². The van der Waals surface area contributed by atoms with Crippen LogP contribution in [0.2, 0.25) is 0 Å². The Bertz CT molecular complexity index is 250. The largest absolute Gasteiger partial charge is 0.213 e. The molecule has 1 unspecified atom stereocenters. The monoisotopic (exact) mass is 249 g/mol. The molecule has 0 radical (unpaired) electrons. The van der Waals surface area contributed by atoms with Crippen molar-refractivity contribution in [2.75, 3.05) is 6.26 Å². The molecule has 16 heavy (non-hydrogen) atoms. The van der Waals surface area contributed by atoms with Gasteiger partial charge >= 0.3 is 0 Å². The lowest BCUT2D eigenvalue weighted by Gasteiger charge is -2.16. The maximum absolute atomic E-state index is 11.2. The molecule has 98 valence electrons.